The molecule has 0 saturated carbocycles. The number of nitrogen functional groups attached to an aromatic ring is 1. The Morgan fingerprint density at radius 3 is 2.68 bits per heavy atom. The van der Waals surface area contributed by atoms with Gasteiger partial charge in [-0.3, -0.25) is 5.41 Å². The molecule has 0 saturated heterocycles. The quantitative estimate of drug-likeness (QED) is 0.598. The van der Waals surface area contributed by atoms with Gasteiger partial charge >= 0.3 is 0 Å². The maximum absolute atomic E-state index is 7.72. The molecule has 0 spiro atoms. The predicted octanol–water partition coefficient (Wildman–Crippen LogP) is 2.84. The van der Waals surface area contributed by atoms with E-state index in [1.807, 2.05) is 18.2 Å². The van der Waals surface area contributed by atoms with Crippen LogP contribution < -0.4 is 10.6 Å². The van der Waals surface area contributed by atoms with E-state index in [2.05, 4.69) is 34.7 Å². The zero-order valence-electron chi connectivity index (χ0n) is 11.7. The van der Waals surface area contributed by atoms with Gasteiger partial charge in [0.15, 0.2) is 0 Å². The van der Waals surface area contributed by atoms with E-state index in [-0.39, 0.29) is 5.84 Å². The van der Waals surface area contributed by atoms with Crippen molar-refractivity contribution < 1.29 is 4.74 Å². The normalized spacial score (nSPS) is 10.8. The van der Waals surface area contributed by atoms with Crippen molar-refractivity contribution >= 4 is 27.5 Å². The highest BCUT2D eigenvalue weighted by molar-refractivity contribution is 9.10. The third kappa shape index (κ3) is 4.84. The van der Waals surface area contributed by atoms with E-state index in [9.17, 15) is 0 Å². The van der Waals surface area contributed by atoms with E-state index < -0.39 is 0 Å². The fourth-order valence-electron chi connectivity index (χ4n) is 1.95. The van der Waals surface area contributed by atoms with Crippen molar-refractivity contribution in [3.63, 3.8) is 0 Å². The summed E-state index contributed by atoms with van der Waals surface area (Å²) in [5.74, 6) is 0.614. The molecule has 0 amide bonds. The topological polar surface area (TPSA) is 62.3 Å². The van der Waals surface area contributed by atoms with Gasteiger partial charge in [0.1, 0.15) is 5.84 Å². The first-order valence-electron chi connectivity index (χ1n) is 6.33. The molecule has 0 aliphatic heterocycles. The minimum atomic E-state index is 0.0856. The third-order valence-electron chi connectivity index (χ3n) is 2.74. The summed E-state index contributed by atoms with van der Waals surface area (Å²) >= 11 is 3.42. The molecule has 0 unspecified atom stereocenters. The first-order chi connectivity index (χ1) is 8.95. The van der Waals surface area contributed by atoms with Crippen molar-refractivity contribution in [2.75, 3.05) is 31.7 Å². The number of halogens is 1. The van der Waals surface area contributed by atoms with Crippen LogP contribution in [0.1, 0.15) is 19.4 Å². The highest BCUT2D eigenvalue weighted by atomic mass is 79.9. The molecule has 19 heavy (non-hydrogen) atoms. The number of nitrogens with zero attached hydrogens (tertiary/aromatic N) is 1. The summed E-state index contributed by atoms with van der Waals surface area (Å²) in [7, 11) is 1.70. The maximum atomic E-state index is 7.72. The van der Waals surface area contributed by atoms with Crippen LogP contribution in [0.25, 0.3) is 0 Å². The number of hydrogen-bond donors (Lipinski definition) is 2. The number of methoxy groups -OCH3 is 1. The van der Waals surface area contributed by atoms with Crippen LogP contribution in [0.2, 0.25) is 0 Å². The van der Waals surface area contributed by atoms with Gasteiger partial charge in [-0.25, -0.2) is 0 Å². The van der Waals surface area contributed by atoms with Gasteiger partial charge in [0.2, 0.25) is 0 Å². The van der Waals surface area contributed by atoms with Crippen LogP contribution in [0, 0.1) is 11.3 Å². The lowest BCUT2D eigenvalue weighted by atomic mass is 10.1. The molecule has 106 valence electrons. The molecule has 0 atom stereocenters. The fourth-order valence-corrected chi connectivity index (χ4v) is 2.31. The van der Waals surface area contributed by atoms with Crippen molar-refractivity contribution in [1.82, 2.24) is 0 Å². The fraction of sp³-hybridized carbons (Fsp3) is 0.500. The van der Waals surface area contributed by atoms with Crippen LogP contribution in [0.15, 0.2) is 22.7 Å². The number of rotatable bonds is 7. The maximum Gasteiger partial charge on any atom is 0.124 e. The number of hydrogen-bond acceptors (Lipinski definition) is 3. The van der Waals surface area contributed by atoms with Crippen molar-refractivity contribution in [1.29, 1.82) is 5.41 Å². The van der Waals surface area contributed by atoms with E-state index in [1.165, 1.54) is 0 Å². The summed E-state index contributed by atoms with van der Waals surface area (Å²) in [4.78, 5) is 2.22. The number of amidine groups is 1. The van der Waals surface area contributed by atoms with E-state index in [1.54, 1.807) is 7.11 Å². The molecule has 1 rings (SSSR count). The highest BCUT2D eigenvalue weighted by Crippen LogP contribution is 2.25. The third-order valence-corrected chi connectivity index (χ3v) is 3.23. The molecule has 0 aliphatic carbocycles. The first kappa shape index (κ1) is 16.0. The lowest BCUT2D eigenvalue weighted by Gasteiger charge is -2.28. The predicted molar refractivity (Wildman–Crippen MR) is 84.1 cm³/mol. The second-order valence-corrected chi connectivity index (χ2v) is 5.82. The van der Waals surface area contributed by atoms with Crippen molar-refractivity contribution in [3.8, 4) is 0 Å². The zero-order chi connectivity index (χ0) is 14.4. The Labute approximate surface area is 123 Å². The summed E-state index contributed by atoms with van der Waals surface area (Å²) in [6.07, 6.45) is 0. The van der Waals surface area contributed by atoms with E-state index in [0.29, 0.717) is 12.5 Å². The van der Waals surface area contributed by atoms with E-state index in [4.69, 9.17) is 15.9 Å². The second kappa shape index (κ2) is 7.50. The van der Waals surface area contributed by atoms with Gasteiger partial charge in [-0.15, -0.1) is 0 Å². The van der Waals surface area contributed by atoms with E-state index >= 15 is 0 Å². The molecule has 0 aliphatic rings. The molecule has 0 fully saturated rings. The summed E-state index contributed by atoms with van der Waals surface area (Å²) < 4.78 is 6.09. The Bertz CT molecular complexity index is 435. The summed E-state index contributed by atoms with van der Waals surface area (Å²) in [6, 6.07) is 5.86. The Morgan fingerprint density at radius 2 is 2.16 bits per heavy atom. The number of ether oxygens (including phenoxy) is 1. The van der Waals surface area contributed by atoms with Crippen LogP contribution in [-0.2, 0) is 4.74 Å². The molecule has 5 heteroatoms. The first-order valence-corrected chi connectivity index (χ1v) is 7.12. The molecule has 1 aromatic carbocycles. The molecular formula is C14H22BrN3O. The Balaban J connectivity index is 3.09. The van der Waals surface area contributed by atoms with Gasteiger partial charge in [-0.05, 0) is 24.1 Å². The summed E-state index contributed by atoms with van der Waals surface area (Å²) in [6.45, 7) is 6.69. The highest BCUT2D eigenvalue weighted by Gasteiger charge is 2.14. The van der Waals surface area contributed by atoms with Gasteiger partial charge in [-0.2, -0.15) is 0 Å². The summed E-state index contributed by atoms with van der Waals surface area (Å²) in [5.41, 5.74) is 7.43. The smallest absolute Gasteiger partial charge is 0.124 e. The molecule has 4 nitrogen and oxygen atoms in total. The van der Waals surface area contributed by atoms with Crippen LogP contribution >= 0.6 is 15.9 Å². The van der Waals surface area contributed by atoms with Gasteiger partial charge < -0.3 is 15.4 Å². The van der Waals surface area contributed by atoms with Crippen molar-refractivity contribution in [3.05, 3.63) is 28.2 Å². The Hall–Kier alpha value is -1.07. The SMILES string of the molecule is COCCN(CC(C)C)c1ccc(Br)cc1C(=N)N. The van der Waals surface area contributed by atoms with Crippen LogP contribution in [0.4, 0.5) is 5.69 Å². The molecule has 0 aromatic heterocycles. The number of nitrogens with one attached hydrogen (secondary N) is 1. The lowest BCUT2D eigenvalue weighted by molar-refractivity contribution is 0.204. The second-order valence-electron chi connectivity index (χ2n) is 4.91. The van der Waals surface area contributed by atoms with Crippen molar-refractivity contribution in [2.24, 2.45) is 11.7 Å². The van der Waals surface area contributed by atoms with Crippen LogP contribution in [0.3, 0.4) is 0 Å². The molecule has 1 aromatic rings. The van der Waals surface area contributed by atoms with Crippen LogP contribution in [0.5, 0.6) is 0 Å². The Kier molecular flexibility index (Phi) is 6.31. The van der Waals surface area contributed by atoms with Gasteiger partial charge in [-0.1, -0.05) is 29.8 Å². The average Bonchev–Trinajstić information content (AvgIpc) is 2.34. The Morgan fingerprint density at radius 1 is 1.47 bits per heavy atom. The largest absolute Gasteiger partial charge is 0.384 e. The monoisotopic (exact) mass is 327 g/mol. The molecular weight excluding hydrogens is 306 g/mol. The standard InChI is InChI=1S/C14H22BrN3O/c1-10(2)9-18(6-7-19-3)13-5-4-11(15)8-12(13)14(16)17/h4-5,8,10H,6-7,9H2,1-3H3,(H3,16,17). The van der Waals surface area contributed by atoms with Gasteiger partial charge in [0.05, 0.1) is 6.61 Å². The lowest BCUT2D eigenvalue weighted by Crippen LogP contribution is -2.33. The van der Waals surface area contributed by atoms with Crippen LogP contribution in [-0.4, -0.2) is 32.6 Å². The minimum Gasteiger partial charge on any atom is -0.384 e. The van der Waals surface area contributed by atoms with E-state index in [0.717, 1.165) is 28.8 Å². The molecule has 0 heterocycles. The molecule has 0 bridgehead atoms. The number of anilines is 1. The zero-order valence-corrected chi connectivity index (χ0v) is 13.3. The number of benzene rings is 1. The number of nitrogens with two attached hydrogens (primary N) is 1. The summed E-state index contributed by atoms with van der Waals surface area (Å²) in [5, 5.41) is 7.72. The van der Waals surface area contributed by atoms with Gasteiger partial charge in [0, 0.05) is 35.9 Å². The molecule has 3 N–H and O–H groups in total. The minimum absolute atomic E-state index is 0.0856. The molecule has 0 radical (unpaired) electrons. The van der Waals surface area contributed by atoms with Gasteiger partial charge in [0.25, 0.3) is 0 Å². The average molecular weight is 328 g/mol. The van der Waals surface area contributed by atoms with Crippen molar-refractivity contribution in [2.45, 2.75) is 13.8 Å².